The van der Waals surface area contributed by atoms with Gasteiger partial charge in [0.25, 0.3) is 5.91 Å². The van der Waals surface area contributed by atoms with Crippen LogP contribution in [0.15, 0.2) is 35.2 Å². The number of hydrogen-bond donors (Lipinski definition) is 2. The minimum atomic E-state index is -3.81. The topological polar surface area (TPSA) is 92.3 Å². The van der Waals surface area contributed by atoms with Gasteiger partial charge in [0, 0.05) is 6.54 Å². The number of ketones is 1. The standard InChI is InChI=1S/C14H18N2O4S/c1-10(13(17)14(18)15-9-11-7-8-11)16-21(19,20)12-5-3-2-4-6-12/h2-6,10-11,16H,7-9H2,1H3,(H,15,18). The molecule has 0 saturated heterocycles. The number of hydrogen-bond acceptors (Lipinski definition) is 4. The predicted octanol–water partition coefficient (Wildman–Crippen LogP) is 0.449. The number of sulfonamides is 1. The molecule has 0 aliphatic heterocycles. The lowest BCUT2D eigenvalue weighted by Gasteiger charge is -2.13. The molecule has 1 amide bonds. The summed E-state index contributed by atoms with van der Waals surface area (Å²) in [6.45, 7) is 1.84. The molecular weight excluding hydrogens is 292 g/mol. The van der Waals surface area contributed by atoms with Crippen LogP contribution >= 0.6 is 0 Å². The van der Waals surface area contributed by atoms with E-state index in [-0.39, 0.29) is 4.90 Å². The van der Waals surface area contributed by atoms with Crippen molar-refractivity contribution in [3.05, 3.63) is 30.3 Å². The molecule has 1 saturated carbocycles. The van der Waals surface area contributed by atoms with E-state index in [4.69, 9.17) is 0 Å². The average molecular weight is 310 g/mol. The molecule has 2 N–H and O–H groups in total. The Labute approximate surface area is 124 Å². The van der Waals surface area contributed by atoms with Gasteiger partial charge < -0.3 is 5.32 Å². The molecule has 0 spiro atoms. The van der Waals surface area contributed by atoms with Gasteiger partial charge in [-0.2, -0.15) is 0 Å². The molecule has 0 bridgehead atoms. The molecule has 1 fully saturated rings. The minimum absolute atomic E-state index is 0.0584. The zero-order valence-corrected chi connectivity index (χ0v) is 12.5. The number of rotatable bonds is 7. The smallest absolute Gasteiger partial charge is 0.289 e. The van der Waals surface area contributed by atoms with Crippen molar-refractivity contribution in [3.8, 4) is 0 Å². The van der Waals surface area contributed by atoms with E-state index in [1.165, 1.54) is 19.1 Å². The molecule has 1 unspecified atom stereocenters. The Morgan fingerprint density at radius 3 is 2.43 bits per heavy atom. The Morgan fingerprint density at radius 2 is 1.86 bits per heavy atom. The van der Waals surface area contributed by atoms with Gasteiger partial charge >= 0.3 is 0 Å². The highest BCUT2D eigenvalue weighted by Crippen LogP contribution is 2.27. The van der Waals surface area contributed by atoms with Gasteiger partial charge in [-0.3, -0.25) is 9.59 Å². The van der Waals surface area contributed by atoms with E-state index in [1.807, 2.05) is 0 Å². The normalized spacial score (nSPS) is 16.2. The van der Waals surface area contributed by atoms with Gasteiger partial charge in [-0.05, 0) is 37.8 Å². The van der Waals surface area contributed by atoms with Crippen molar-refractivity contribution in [3.63, 3.8) is 0 Å². The van der Waals surface area contributed by atoms with Gasteiger partial charge in [-0.1, -0.05) is 18.2 Å². The van der Waals surface area contributed by atoms with Crippen molar-refractivity contribution in [2.45, 2.75) is 30.7 Å². The van der Waals surface area contributed by atoms with Crippen molar-refractivity contribution in [2.24, 2.45) is 5.92 Å². The van der Waals surface area contributed by atoms with Crippen LogP contribution in [0.5, 0.6) is 0 Å². The molecule has 1 aromatic carbocycles. The Bertz CT molecular complexity index is 624. The minimum Gasteiger partial charge on any atom is -0.349 e. The summed E-state index contributed by atoms with van der Waals surface area (Å²) in [7, 11) is -3.81. The highest BCUT2D eigenvalue weighted by atomic mass is 32.2. The number of carbonyl (C=O) groups is 2. The van der Waals surface area contributed by atoms with E-state index in [9.17, 15) is 18.0 Å². The lowest BCUT2D eigenvalue weighted by Crippen LogP contribution is -2.46. The maximum Gasteiger partial charge on any atom is 0.289 e. The zero-order valence-electron chi connectivity index (χ0n) is 11.7. The first-order valence-corrected chi connectivity index (χ1v) is 8.28. The fraction of sp³-hybridized carbons (Fsp3) is 0.429. The molecule has 1 aliphatic rings. The fourth-order valence-electron chi connectivity index (χ4n) is 1.80. The summed E-state index contributed by atoms with van der Waals surface area (Å²) in [5, 5.41) is 2.53. The third-order valence-electron chi connectivity index (χ3n) is 3.25. The van der Waals surface area contributed by atoms with Gasteiger partial charge in [0.2, 0.25) is 15.8 Å². The molecule has 0 aromatic heterocycles. The Morgan fingerprint density at radius 1 is 1.24 bits per heavy atom. The molecular formula is C14H18N2O4S. The van der Waals surface area contributed by atoms with Crippen molar-refractivity contribution in [1.29, 1.82) is 0 Å². The lowest BCUT2D eigenvalue weighted by molar-refractivity contribution is -0.138. The highest BCUT2D eigenvalue weighted by molar-refractivity contribution is 7.89. The van der Waals surface area contributed by atoms with Crippen LogP contribution < -0.4 is 10.0 Å². The molecule has 21 heavy (non-hydrogen) atoms. The van der Waals surface area contributed by atoms with Crippen LogP contribution in [0, 0.1) is 5.92 Å². The van der Waals surface area contributed by atoms with E-state index >= 15 is 0 Å². The number of carbonyl (C=O) groups excluding carboxylic acids is 2. The first-order chi connectivity index (χ1) is 9.90. The SMILES string of the molecule is CC(NS(=O)(=O)c1ccccc1)C(=O)C(=O)NCC1CC1. The first kappa shape index (κ1) is 15.7. The van der Waals surface area contributed by atoms with Crippen LogP contribution in [0.25, 0.3) is 0 Å². The number of benzene rings is 1. The van der Waals surface area contributed by atoms with E-state index < -0.39 is 27.8 Å². The maximum atomic E-state index is 12.1. The number of Topliss-reactive ketones (excluding diaryl/α,β-unsaturated/α-hetero) is 1. The van der Waals surface area contributed by atoms with Crippen molar-refractivity contribution in [1.82, 2.24) is 10.0 Å². The molecule has 2 rings (SSSR count). The fourth-order valence-corrected chi connectivity index (χ4v) is 3.02. The monoisotopic (exact) mass is 310 g/mol. The third kappa shape index (κ3) is 4.37. The van der Waals surface area contributed by atoms with Gasteiger partial charge in [0.15, 0.2) is 0 Å². The quantitative estimate of drug-likeness (QED) is 0.715. The summed E-state index contributed by atoms with van der Waals surface area (Å²) in [6, 6.07) is 6.61. The van der Waals surface area contributed by atoms with Crippen molar-refractivity contribution in [2.75, 3.05) is 6.54 Å². The van der Waals surface area contributed by atoms with Gasteiger partial charge in [-0.25, -0.2) is 13.1 Å². The second kappa shape index (κ2) is 6.36. The molecule has 1 aliphatic carbocycles. The summed E-state index contributed by atoms with van der Waals surface area (Å²) in [5.41, 5.74) is 0. The summed E-state index contributed by atoms with van der Waals surface area (Å²) < 4.78 is 26.3. The molecule has 7 heteroatoms. The number of amides is 1. The van der Waals surface area contributed by atoms with E-state index in [0.717, 1.165) is 12.8 Å². The Kier molecular flexibility index (Phi) is 4.74. The molecule has 1 atom stereocenters. The van der Waals surface area contributed by atoms with Crippen LogP contribution in [-0.4, -0.2) is 32.7 Å². The molecule has 0 radical (unpaired) electrons. The van der Waals surface area contributed by atoms with E-state index in [2.05, 4.69) is 10.0 Å². The largest absolute Gasteiger partial charge is 0.349 e. The first-order valence-electron chi connectivity index (χ1n) is 6.79. The summed E-state index contributed by atoms with van der Waals surface area (Å²) >= 11 is 0. The lowest BCUT2D eigenvalue weighted by atomic mass is 10.2. The molecule has 114 valence electrons. The Balaban J connectivity index is 1.94. The Hall–Kier alpha value is -1.73. The van der Waals surface area contributed by atoms with Crippen molar-refractivity contribution < 1.29 is 18.0 Å². The average Bonchev–Trinajstić information content (AvgIpc) is 3.28. The predicted molar refractivity (Wildman–Crippen MR) is 77.0 cm³/mol. The maximum absolute atomic E-state index is 12.1. The molecule has 0 heterocycles. The van der Waals surface area contributed by atoms with Gasteiger partial charge in [-0.15, -0.1) is 0 Å². The van der Waals surface area contributed by atoms with Gasteiger partial charge in [0.1, 0.15) is 0 Å². The second-order valence-corrected chi connectivity index (χ2v) is 6.89. The second-order valence-electron chi connectivity index (χ2n) is 5.17. The summed E-state index contributed by atoms with van der Waals surface area (Å²) in [6.07, 6.45) is 2.12. The van der Waals surface area contributed by atoms with Crippen LogP contribution in [0.3, 0.4) is 0 Å². The summed E-state index contributed by atoms with van der Waals surface area (Å²) in [5.74, 6) is -1.07. The van der Waals surface area contributed by atoms with Crippen LogP contribution in [0.1, 0.15) is 19.8 Å². The van der Waals surface area contributed by atoms with Gasteiger partial charge in [0.05, 0.1) is 10.9 Å². The van der Waals surface area contributed by atoms with Crippen LogP contribution in [0.4, 0.5) is 0 Å². The highest BCUT2D eigenvalue weighted by Gasteiger charge is 2.28. The number of nitrogens with one attached hydrogen (secondary N) is 2. The summed E-state index contributed by atoms with van der Waals surface area (Å²) in [4.78, 5) is 23.5. The zero-order chi connectivity index (χ0) is 15.5. The third-order valence-corrected chi connectivity index (χ3v) is 4.81. The van der Waals surface area contributed by atoms with E-state index in [1.54, 1.807) is 18.2 Å². The van der Waals surface area contributed by atoms with Crippen molar-refractivity contribution >= 4 is 21.7 Å². The van der Waals surface area contributed by atoms with Crippen LogP contribution in [0.2, 0.25) is 0 Å². The molecule has 6 nitrogen and oxygen atoms in total. The van der Waals surface area contributed by atoms with E-state index in [0.29, 0.717) is 12.5 Å². The van der Waals surface area contributed by atoms with Crippen LogP contribution in [-0.2, 0) is 19.6 Å². The molecule has 1 aromatic rings.